The molecule has 0 heterocycles. The molecule has 0 aliphatic heterocycles. The van der Waals surface area contributed by atoms with E-state index in [9.17, 15) is 9.59 Å². The van der Waals surface area contributed by atoms with E-state index in [2.05, 4.69) is 22.8 Å². The Bertz CT molecular complexity index is 849. The van der Waals surface area contributed by atoms with Crippen molar-refractivity contribution in [3.8, 4) is 0 Å². The fraction of sp³-hybridized carbons (Fsp3) is 0.364. The first-order chi connectivity index (χ1) is 12.8. The molecule has 0 spiro atoms. The van der Waals surface area contributed by atoms with Crippen molar-refractivity contribution in [1.82, 2.24) is 0 Å². The number of nitrogens with zero attached hydrogens (tertiary/aromatic N) is 1. The zero-order valence-electron chi connectivity index (χ0n) is 16.6. The second kappa shape index (κ2) is 7.43. The molecule has 2 atom stereocenters. The fourth-order valence-electron chi connectivity index (χ4n) is 3.45. The van der Waals surface area contributed by atoms with E-state index in [0.717, 1.165) is 28.2 Å². The number of carbonyl (C=O) groups excluding carboxylic acids is 2. The Morgan fingerprint density at radius 3 is 1.93 bits per heavy atom. The summed E-state index contributed by atoms with van der Waals surface area (Å²) in [5, 5.41) is 5.92. The Morgan fingerprint density at radius 2 is 1.41 bits per heavy atom. The van der Waals surface area contributed by atoms with E-state index in [-0.39, 0.29) is 23.7 Å². The van der Waals surface area contributed by atoms with Crippen LogP contribution in [0.4, 0.5) is 17.1 Å². The lowest BCUT2D eigenvalue weighted by molar-refractivity contribution is -0.122. The third-order valence-electron chi connectivity index (χ3n) is 5.04. The first-order valence-electron chi connectivity index (χ1n) is 9.23. The second-order valence-corrected chi connectivity index (χ2v) is 7.64. The van der Waals surface area contributed by atoms with Crippen molar-refractivity contribution in [2.75, 3.05) is 29.6 Å². The topological polar surface area (TPSA) is 61.4 Å². The van der Waals surface area contributed by atoms with Gasteiger partial charge in [0.25, 0.3) is 0 Å². The lowest BCUT2D eigenvalue weighted by Crippen LogP contribution is -2.21. The van der Waals surface area contributed by atoms with Crippen LogP contribution in [-0.2, 0) is 9.59 Å². The minimum atomic E-state index is -0.260. The summed E-state index contributed by atoms with van der Waals surface area (Å²) in [4.78, 5) is 27.0. The van der Waals surface area contributed by atoms with Crippen molar-refractivity contribution in [3.63, 3.8) is 0 Å². The number of rotatable bonds is 5. The SMILES string of the molecule is Cc1cc(C)c(NC(=O)C2CC2C(=O)Nc2ccc(N(C)C)cc2)c(C)c1. The molecule has 0 aromatic heterocycles. The van der Waals surface area contributed by atoms with Crippen molar-refractivity contribution in [2.24, 2.45) is 11.8 Å². The molecule has 5 heteroatoms. The molecule has 1 saturated carbocycles. The molecule has 2 N–H and O–H groups in total. The van der Waals surface area contributed by atoms with Crippen LogP contribution in [0.5, 0.6) is 0 Å². The first-order valence-corrected chi connectivity index (χ1v) is 9.23. The van der Waals surface area contributed by atoms with Gasteiger partial charge in [0.05, 0.1) is 11.8 Å². The minimum absolute atomic E-state index is 0.0758. The van der Waals surface area contributed by atoms with Crippen LogP contribution in [0.1, 0.15) is 23.1 Å². The number of carbonyl (C=O) groups is 2. The molecular weight excluding hydrogens is 338 g/mol. The minimum Gasteiger partial charge on any atom is -0.378 e. The van der Waals surface area contributed by atoms with E-state index in [0.29, 0.717) is 6.42 Å². The Morgan fingerprint density at radius 1 is 0.889 bits per heavy atom. The smallest absolute Gasteiger partial charge is 0.228 e. The molecule has 0 radical (unpaired) electrons. The summed E-state index contributed by atoms with van der Waals surface area (Å²) in [6.07, 6.45) is 0.595. The quantitative estimate of drug-likeness (QED) is 0.845. The summed E-state index contributed by atoms with van der Waals surface area (Å²) >= 11 is 0. The van der Waals surface area contributed by atoms with Gasteiger partial charge in [0.15, 0.2) is 0 Å². The van der Waals surface area contributed by atoms with Crippen molar-refractivity contribution in [2.45, 2.75) is 27.2 Å². The molecule has 2 aromatic carbocycles. The molecule has 142 valence electrons. The maximum atomic E-state index is 12.6. The largest absolute Gasteiger partial charge is 0.378 e. The molecule has 1 aliphatic rings. The van der Waals surface area contributed by atoms with Gasteiger partial charge in [0, 0.05) is 31.2 Å². The highest BCUT2D eigenvalue weighted by molar-refractivity contribution is 6.03. The van der Waals surface area contributed by atoms with Gasteiger partial charge in [-0.05, 0) is 62.6 Å². The summed E-state index contributed by atoms with van der Waals surface area (Å²) in [5.74, 6) is -0.686. The first kappa shape index (κ1) is 19.0. The molecule has 2 amide bonds. The van der Waals surface area contributed by atoms with Gasteiger partial charge in [-0.25, -0.2) is 0 Å². The van der Waals surface area contributed by atoms with Crippen LogP contribution in [0.25, 0.3) is 0 Å². The van der Waals surface area contributed by atoms with E-state index in [1.807, 2.05) is 64.0 Å². The Hall–Kier alpha value is -2.82. The molecule has 27 heavy (non-hydrogen) atoms. The average Bonchev–Trinajstić information content (AvgIpc) is 3.39. The van der Waals surface area contributed by atoms with E-state index in [4.69, 9.17) is 0 Å². The maximum absolute atomic E-state index is 12.6. The summed E-state index contributed by atoms with van der Waals surface area (Å²) < 4.78 is 0. The Labute approximate surface area is 160 Å². The summed E-state index contributed by atoms with van der Waals surface area (Å²) in [5.41, 5.74) is 5.94. The number of amides is 2. The highest BCUT2D eigenvalue weighted by Gasteiger charge is 2.48. The van der Waals surface area contributed by atoms with Crippen molar-refractivity contribution >= 4 is 28.9 Å². The van der Waals surface area contributed by atoms with Gasteiger partial charge in [0.1, 0.15) is 0 Å². The highest BCUT2D eigenvalue weighted by Crippen LogP contribution is 2.40. The average molecular weight is 365 g/mol. The molecule has 1 fully saturated rings. The van der Waals surface area contributed by atoms with Crippen molar-refractivity contribution < 1.29 is 9.59 Å². The number of nitrogens with one attached hydrogen (secondary N) is 2. The van der Waals surface area contributed by atoms with E-state index in [1.165, 1.54) is 5.56 Å². The molecule has 5 nitrogen and oxygen atoms in total. The van der Waals surface area contributed by atoms with E-state index in [1.54, 1.807) is 0 Å². The van der Waals surface area contributed by atoms with Gasteiger partial charge in [-0.15, -0.1) is 0 Å². The number of aryl methyl sites for hydroxylation is 3. The van der Waals surface area contributed by atoms with Crippen LogP contribution in [0, 0.1) is 32.6 Å². The standard InChI is InChI=1S/C22H27N3O2/c1-13-10-14(2)20(15(3)11-13)24-22(27)19-12-18(19)21(26)23-16-6-8-17(9-7-16)25(4)5/h6-11,18-19H,12H2,1-5H3,(H,23,26)(H,24,27). The summed E-state index contributed by atoms with van der Waals surface area (Å²) in [7, 11) is 3.94. The van der Waals surface area contributed by atoms with E-state index >= 15 is 0 Å². The lowest BCUT2D eigenvalue weighted by Gasteiger charge is -2.13. The predicted molar refractivity (Wildman–Crippen MR) is 110 cm³/mol. The Balaban J connectivity index is 1.58. The van der Waals surface area contributed by atoms with Crippen molar-refractivity contribution in [1.29, 1.82) is 0 Å². The molecule has 3 rings (SSSR count). The number of hydrogen-bond acceptors (Lipinski definition) is 3. The number of benzene rings is 2. The van der Waals surface area contributed by atoms with Crippen LogP contribution in [0.2, 0.25) is 0 Å². The van der Waals surface area contributed by atoms with Gasteiger partial charge in [-0.3, -0.25) is 9.59 Å². The normalized spacial score (nSPS) is 18.0. The van der Waals surface area contributed by atoms with Crippen LogP contribution >= 0.6 is 0 Å². The molecule has 2 aromatic rings. The zero-order valence-corrected chi connectivity index (χ0v) is 16.6. The summed E-state index contributed by atoms with van der Waals surface area (Å²) in [6, 6.07) is 11.8. The van der Waals surface area contributed by atoms with Crippen LogP contribution in [0.15, 0.2) is 36.4 Å². The van der Waals surface area contributed by atoms with Gasteiger partial charge in [-0.1, -0.05) is 17.7 Å². The molecular formula is C22H27N3O2. The molecule has 0 bridgehead atoms. The lowest BCUT2D eigenvalue weighted by atomic mass is 10.0. The number of anilines is 3. The second-order valence-electron chi connectivity index (χ2n) is 7.64. The van der Waals surface area contributed by atoms with Gasteiger partial charge in [-0.2, -0.15) is 0 Å². The molecule has 1 aliphatic carbocycles. The van der Waals surface area contributed by atoms with Crippen LogP contribution in [0.3, 0.4) is 0 Å². The predicted octanol–water partition coefficient (Wildman–Crippen LogP) is 3.89. The molecule has 2 unspecified atom stereocenters. The molecule has 0 saturated heterocycles. The van der Waals surface area contributed by atoms with Crippen molar-refractivity contribution in [3.05, 3.63) is 53.1 Å². The number of hydrogen-bond donors (Lipinski definition) is 2. The third kappa shape index (κ3) is 4.30. The van der Waals surface area contributed by atoms with E-state index < -0.39 is 0 Å². The third-order valence-corrected chi connectivity index (χ3v) is 5.04. The highest BCUT2D eigenvalue weighted by atomic mass is 16.2. The fourth-order valence-corrected chi connectivity index (χ4v) is 3.45. The van der Waals surface area contributed by atoms with Gasteiger partial charge < -0.3 is 15.5 Å². The van der Waals surface area contributed by atoms with Crippen LogP contribution in [-0.4, -0.2) is 25.9 Å². The van der Waals surface area contributed by atoms with Gasteiger partial charge >= 0.3 is 0 Å². The monoisotopic (exact) mass is 365 g/mol. The summed E-state index contributed by atoms with van der Waals surface area (Å²) in [6.45, 7) is 6.02. The zero-order chi connectivity index (χ0) is 19.7. The maximum Gasteiger partial charge on any atom is 0.228 e. The van der Waals surface area contributed by atoms with Crippen LogP contribution < -0.4 is 15.5 Å². The Kier molecular flexibility index (Phi) is 5.22. The van der Waals surface area contributed by atoms with Gasteiger partial charge in [0.2, 0.25) is 11.8 Å².